The number of nitrogens with zero attached hydrogens (tertiary/aromatic N) is 1. The molecule has 1 rings (SSSR count). The van der Waals surface area contributed by atoms with Crippen LogP contribution >= 0.6 is 0 Å². The average Bonchev–Trinajstić information content (AvgIpc) is 2.81. The second kappa shape index (κ2) is 3.72. The topological polar surface area (TPSA) is 29.5 Å². The van der Waals surface area contributed by atoms with Crippen LogP contribution in [0.5, 0.6) is 0 Å². The van der Waals surface area contributed by atoms with E-state index in [0.29, 0.717) is 0 Å². The zero-order chi connectivity index (χ0) is 8.27. The van der Waals surface area contributed by atoms with Crippen LogP contribution in [0.4, 0.5) is 0 Å². The molecular weight excluding hydrogens is 142 g/mol. The van der Waals surface area contributed by atoms with Crippen LogP contribution in [0.15, 0.2) is 0 Å². The standard InChI is InChI=1S/C8H14NO2/c1-9(11-2)8(10)6-5-7-3-4-7/h6-7H,3-5H2,1-2H3. The minimum atomic E-state index is -0.0422. The Balaban J connectivity index is 2.08. The number of hydrogen-bond donors (Lipinski definition) is 0. The minimum absolute atomic E-state index is 0.0422. The molecule has 0 aromatic carbocycles. The fraction of sp³-hybridized carbons (Fsp3) is 0.750. The number of carbonyl (C=O) groups is 1. The van der Waals surface area contributed by atoms with E-state index in [1.54, 1.807) is 13.5 Å². The summed E-state index contributed by atoms with van der Waals surface area (Å²) in [7, 11) is 3.11. The number of rotatable bonds is 4. The van der Waals surface area contributed by atoms with E-state index in [1.807, 2.05) is 0 Å². The van der Waals surface area contributed by atoms with Crippen molar-refractivity contribution < 1.29 is 9.63 Å². The van der Waals surface area contributed by atoms with Crippen molar-refractivity contribution in [1.82, 2.24) is 5.06 Å². The summed E-state index contributed by atoms with van der Waals surface area (Å²) >= 11 is 0. The van der Waals surface area contributed by atoms with Gasteiger partial charge < -0.3 is 0 Å². The maximum absolute atomic E-state index is 11.1. The first-order valence-electron chi connectivity index (χ1n) is 3.89. The monoisotopic (exact) mass is 156 g/mol. The Hall–Kier alpha value is -0.570. The van der Waals surface area contributed by atoms with Gasteiger partial charge in [0.15, 0.2) is 0 Å². The predicted octanol–water partition coefficient (Wildman–Crippen LogP) is 1.01. The SMILES string of the molecule is CON(C)C(=O)[CH]CC1CC1. The molecule has 0 atom stereocenters. The normalized spacial score (nSPS) is 16.5. The second-order valence-electron chi connectivity index (χ2n) is 2.90. The van der Waals surface area contributed by atoms with E-state index in [0.717, 1.165) is 12.3 Å². The molecule has 1 radical (unpaired) electrons. The third-order valence-corrected chi connectivity index (χ3v) is 1.91. The quantitative estimate of drug-likeness (QED) is 0.568. The van der Waals surface area contributed by atoms with Gasteiger partial charge in [0.1, 0.15) is 0 Å². The second-order valence-corrected chi connectivity index (χ2v) is 2.90. The van der Waals surface area contributed by atoms with Crippen LogP contribution in [0.25, 0.3) is 0 Å². The van der Waals surface area contributed by atoms with Crippen molar-refractivity contribution in [3.63, 3.8) is 0 Å². The maximum atomic E-state index is 11.1. The fourth-order valence-corrected chi connectivity index (χ4v) is 0.840. The number of hydrogen-bond acceptors (Lipinski definition) is 2. The van der Waals surface area contributed by atoms with Crippen molar-refractivity contribution in [2.24, 2.45) is 5.92 Å². The Morgan fingerprint density at radius 1 is 1.73 bits per heavy atom. The van der Waals surface area contributed by atoms with Gasteiger partial charge in [0.25, 0.3) is 0 Å². The highest BCUT2D eigenvalue weighted by atomic mass is 16.7. The molecular formula is C8H14NO2. The lowest BCUT2D eigenvalue weighted by Gasteiger charge is -2.12. The maximum Gasteiger partial charge on any atom is 0.249 e. The predicted molar refractivity (Wildman–Crippen MR) is 41.4 cm³/mol. The van der Waals surface area contributed by atoms with Crippen molar-refractivity contribution in [1.29, 1.82) is 0 Å². The van der Waals surface area contributed by atoms with Gasteiger partial charge >= 0.3 is 0 Å². The molecule has 0 saturated heterocycles. The molecule has 11 heavy (non-hydrogen) atoms. The molecule has 0 spiro atoms. The molecule has 1 saturated carbocycles. The smallest absolute Gasteiger partial charge is 0.249 e. The highest BCUT2D eigenvalue weighted by molar-refractivity contribution is 5.83. The molecule has 0 unspecified atom stereocenters. The van der Waals surface area contributed by atoms with Crippen molar-refractivity contribution in [3.05, 3.63) is 6.42 Å². The summed E-state index contributed by atoms with van der Waals surface area (Å²) in [6.45, 7) is 0. The molecule has 0 aromatic rings. The molecule has 3 nitrogen and oxygen atoms in total. The molecule has 3 heteroatoms. The van der Waals surface area contributed by atoms with Gasteiger partial charge in [0.2, 0.25) is 5.91 Å². The first-order valence-corrected chi connectivity index (χ1v) is 3.89. The van der Waals surface area contributed by atoms with E-state index in [-0.39, 0.29) is 5.91 Å². The van der Waals surface area contributed by atoms with Crippen molar-refractivity contribution >= 4 is 5.91 Å². The zero-order valence-electron chi connectivity index (χ0n) is 7.04. The Kier molecular flexibility index (Phi) is 2.88. The molecule has 0 N–H and O–H groups in total. The van der Waals surface area contributed by atoms with Crippen LogP contribution in [0.2, 0.25) is 0 Å². The van der Waals surface area contributed by atoms with Crippen molar-refractivity contribution in [2.75, 3.05) is 14.2 Å². The molecule has 1 aliphatic rings. The van der Waals surface area contributed by atoms with E-state index in [4.69, 9.17) is 4.84 Å². The number of carbonyl (C=O) groups excluding carboxylic acids is 1. The molecule has 0 aromatic heterocycles. The van der Waals surface area contributed by atoms with E-state index in [1.165, 1.54) is 25.0 Å². The highest BCUT2D eigenvalue weighted by Gasteiger charge is 2.22. The van der Waals surface area contributed by atoms with Crippen LogP contribution in [0.1, 0.15) is 19.3 Å². The summed E-state index contributed by atoms with van der Waals surface area (Å²) in [6, 6.07) is 0. The molecule has 0 bridgehead atoms. The van der Waals surface area contributed by atoms with E-state index in [2.05, 4.69) is 0 Å². The molecule has 63 valence electrons. The first-order chi connectivity index (χ1) is 5.24. The number of hydroxylamine groups is 2. The summed E-state index contributed by atoms with van der Waals surface area (Å²) in [5.41, 5.74) is 0. The van der Waals surface area contributed by atoms with Crippen LogP contribution in [0.3, 0.4) is 0 Å². The molecule has 0 aliphatic heterocycles. The van der Waals surface area contributed by atoms with Crippen molar-refractivity contribution in [2.45, 2.75) is 19.3 Å². The molecule has 1 fully saturated rings. The lowest BCUT2D eigenvalue weighted by atomic mass is 10.2. The summed E-state index contributed by atoms with van der Waals surface area (Å²) < 4.78 is 0. The Morgan fingerprint density at radius 2 is 2.36 bits per heavy atom. The van der Waals surface area contributed by atoms with Crippen LogP contribution in [-0.2, 0) is 9.63 Å². The van der Waals surface area contributed by atoms with Gasteiger partial charge in [-0.25, -0.2) is 5.06 Å². The fourth-order valence-electron chi connectivity index (χ4n) is 0.840. The van der Waals surface area contributed by atoms with Crippen LogP contribution < -0.4 is 0 Å². The molecule has 1 amide bonds. The summed E-state index contributed by atoms with van der Waals surface area (Å²) in [5, 5.41) is 1.24. The van der Waals surface area contributed by atoms with Gasteiger partial charge in [-0.15, -0.1) is 0 Å². The van der Waals surface area contributed by atoms with Gasteiger partial charge in [-0.05, 0) is 12.3 Å². The van der Waals surface area contributed by atoms with Gasteiger partial charge in [-0.3, -0.25) is 9.63 Å². The lowest BCUT2D eigenvalue weighted by molar-refractivity contribution is -0.164. The van der Waals surface area contributed by atoms with Crippen LogP contribution in [0, 0.1) is 12.3 Å². The summed E-state index contributed by atoms with van der Waals surface area (Å²) in [5.74, 6) is 0.726. The average molecular weight is 156 g/mol. The lowest BCUT2D eigenvalue weighted by Crippen LogP contribution is -2.25. The Bertz CT molecular complexity index is 143. The number of amides is 1. The van der Waals surface area contributed by atoms with E-state index < -0.39 is 0 Å². The van der Waals surface area contributed by atoms with Gasteiger partial charge in [-0.1, -0.05) is 12.8 Å². The van der Waals surface area contributed by atoms with Crippen LogP contribution in [-0.4, -0.2) is 25.1 Å². The Labute approximate surface area is 67.3 Å². The highest BCUT2D eigenvalue weighted by Crippen LogP contribution is 2.33. The molecule has 1 aliphatic carbocycles. The zero-order valence-corrected chi connectivity index (χ0v) is 7.04. The van der Waals surface area contributed by atoms with E-state index in [9.17, 15) is 4.79 Å². The van der Waals surface area contributed by atoms with Gasteiger partial charge in [0.05, 0.1) is 13.5 Å². The Morgan fingerprint density at radius 3 is 2.82 bits per heavy atom. The molecule has 0 heterocycles. The van der Waals surface area contributed by atoms with Gasteiger partial charge in [-0.2, -0.15) is 0 Å². The van der Waals surface area contributed by atoms with E-state index >= 15 is 0 Å². The van der Waals surface area contributed by atoms with Crippen molar-refractivity contribution in [3.8, 4) is 0 Å². The summed E-state index contributed by atoms with van der Waals surface area (Å²) in [4.78, 5) is 15.8. The third kappa shape index (κ3) is 2.89. The first kappa shape index (κ1) is 8.53. The minimum Gasteiger partial charge on any atom is -0.275 e. The third-order valence-electron chi connectivity index (χ3n) is 1.91. The van der Waals surface area contributed by atoms with Gasteiger partial charge in [0, 0.05) is 7.05 Å². The largest absolute Gasteiger partial charge is 0.275 e. The summed E-state index contributed by atoms with van der Waals surface area (Å²) in [6.07, 6.45) is 5.16.